The van der Waals surface area contributed by atoms with E-state index in [0.29, 0.717) is 5.78 Å². The zero-order valence-electron chi connectivity index (χ0n) is 18.9. The van der Waals surface area contributed by atoms with Crippen LogP contribution in [-0.2, 0) is 17.6 Å². The molecule has 2 atom stereocenters. The molecule has 1 nitrogen and oxygen atoms in total. The normalized spacial score (nSPS) is 21.7. The molecule has 0 heterocycles. The molecule has 2 aromatic carbocycles. The van der Waals surface area contributed by atoms with Gasteiger partial charge in [-0.15, -0.1) is 5.54 Å². The molecule has 0 bridgehead atoms. The minimum absolute atomic E-state index is 0.0834. The Kier molecular flexibility index (Phi) is 7.73. The number of carbonyl (C=O) groups excluding carboxylic acids is 1. The molecule has 0 aliphatic heterocycles. The maximum Gasteiger partial charge on any atom is 0.154 e. The molecule has 30 heavy (non-hydrogen) atoms. The first-order chi connectivity index (χ1) is 14.6. The SMILES string of the molecule is CC[Si](C#C[C@@]1(Cc2ccccc2)CCC[C@@H](Cc2ccccc2)C1=O)(CC)CC. The van der Waals surface area contributed by atoms with Gasteiger partial charge in [-0.2, -0.15) is 0 Å². The number of rotatable bonds is 7. The van der Waals surface area contributed by atoms with Crippen LogP contribution in [0.2, 0.25) is 18.1 Å². The van der Waals surface area contributed by atoms with Crippen molar-refractivity contribution in [2.75, 3.05) is 0 Å². The Morgan fingerprint density at radius 3 is 2.03 bits per heavy atom. The van der Waals surface area contributed by atoms with E-state index in [0.717, 1.165) is 32.1 Å². The van der Waals surface area contributed by atoms with Gasteiger partial charge in [-0.25, -0.2) is 0 Å². The van der Waals surface area contributed by atoms with Gasteiger partial charge in [0.15, 0.2) is 5.78 Å². The Hall–Kier alpha value is -2.11. The fourth-order valence-corrected chi connectivity index (χ4v) is 7.48. The van der Waals surface area contributed by atoms with Crippen LogP contribution >= 0.6 is 0 Å². The maximum atomic E-state index is 14.0. The molecule has 2 heteroatoms. The van der Waals surface area contributed by atoms with E-state index in [1.54, 1.807) is 0 Å². The van der Waals surface area contributed by atoms with E-state index in [9.17, 15) is 4.79 Å². The predicted molar refractivity (Wildman–Crippen MR) is 130 cm³/mol. The van der Waals surface area contributed by atoms with Crippen molar-refractivity contribution in [1.29, 1.82) is 0 Å². The molecule has 2 aromatic rings. The number of hydrogen-bond donors (Lipinski definition) is 0. The maximum absolute atomic E-state index is 14.0. The second kappa shape index (κ2) is 10.3. The van der Waals surface area contributed by atoms with Crippen LogP contribution in [0.25, 0.3) is 0 Å². The van der Waals surface area contributed by atoms with Gasteiger partial charge in [0.1, 0.15) is 8.07 Å². The molecule has 0 saturated heterocycles. The molecule has 0 unspecified atom stereocenters. The van der Waals surface area contributed by atoms with E-state index < -0.39 is 13.5 Å². The fourth-order valence-electron chi connectivity index (χ4n) is 4.94. The van der Waals surface area contributed by atoms with Gasteiger partial charge in [0, 0.05) is 5.92 Å². The Morgan fingerprint density at radius 2 is 1.47 bits per heavy atom. The van der Waals surface area contributed by atoms with Gasteiger partial charge in [0.25, 0.3) is 0 Å². The lowest BCUT2D eigenvalue weighted by atomic mass is 9.65. The van der Waals surface area contributed by atoms with E-state index in [1.165, 1.54) is 29.3 Å². The predicted octanol–water partition coefficient (Wildman–Crippen LogP) is 6.88. The molecule has 0 radical (unpaired) electrons. The molecule has 158 valence electrons. The van der Waals surface area contributed by atoms with Crippen LogP contribution < -0.4 is 0 Å². The lowest BCUT2D eigenvalue weighted by molar-refractivity contribution is -0.132. The smallest absolute Gasteiger partial charge is 0.154 e. The molecule has 0 spiro atoms. The van der Waals surface area contributed by atoms with Crippen LogP contribution in [0.3, 0.4) is 0 Å². The highest BCUT2D eigenvalue weighted by Crippen LogP contribution is 2.40. The largest absolute Gasteiger partial charge is 0.298 e. The van der Waals surface area contributed by atoms with Gasteiger partial charge >= 0.3 is 0 Å². The molecule has 1 saturated carbocycles. The van der Waals surface area contributed by atoms with Crippen LogP contribution in [0.5, 0.6) is 0 Å². The molecule has 1 fully saturated rings. The third kappa shape index (κ3) is 5.13. The van der Waals surface area contributed by atoms with Crippen molar-refractivity contribution in [1.82, 2.24) is 0 Å². The summed E-state index contributed by atoms with van der Waals surface area (Å²) in [5.41, 5.74) is 5.78. The van der Waals surface area contributed by atoms with Gasteiger partial charge in [0.05, 0.1) is 5.41 Å². The Balaban J connectivity index is 1.97. The van der Waals surface area contributed by atoms with Crippen LogP contribution in [0.15, 0.2) is 60.7 Å². The van der Waals surface area contributed by atoms with E-state index >= 15 is 0 Å². The highest BCUT2D eigenvalue weighted by atomic mass is 28.3. The van der Waals surface area contributed by atoms with Crippen LogP contribution in [-0.4, -0.2) is 13.9 Å². The van der Waals surface area contributed by atoms with Gasteiger partial charge in [-0.3, -0.25) is 4.79 Å². The van der Waals surface area contributed by atoms with Gasteiger partial charge in [0.2, 0.25) is 0 Å². The summed E-state index contributed by atoms with van der Waals surface area (Å²) in [4.78, 5) is 14.0. The summed E-state index contributed by atoms with van der Waals surface area (Å²) >= 11 is 0. The molecular weight excluding hydrogens is 380 g/mol. The lowest BCUT2D eigenvalue weighted by Crippen LogP contribution is -2.42. The number of benzene rings is 2. The molecule has 1 aliphatic carbocycles. The van der Waals surface area contributed by atoms with E-state index in [-0.39, 0.29) is 5.92 Å². The van der Waals surface area contributed by atoms with E-state index in [1.807, 2.05) is 12.1 Å². The minimum Gasteiger partial charge on any atom is -0.298 e. The average Bonchev–Trinajstić information content (AvgIpc) is 2.80. The summed E-state index contributed by atoms with van der Waals surface area (Å²) in [6.45, 7) is 6.87. The minimum atomic E-state index is -1.60. The van der Waals surface area contributed by atoms with Crippen molar-refractivity contribution in [2.24, 2.45) is 11.3 Å². The van der Waals surface area contributed by atoms with Crippen molar-refractivity contribution >= 4 is 13.9 Å². The summed E-state index contributed by atoms with van der Waals surface area (Å²) < 4.78 is 0. The molecular formula is C28H36OSi. The first kappa shape index (κ1) is 22.6. The molecule has 0 amide bonds. The van der Waals surface area contributed by atoms with Crippen LogP contribution in [0, 0.1) is 22.8 Å². The number of hydrogen-bond acceptors (Lipinski definition) is 1. The van der Waals surface area contributed by atoms with Crippen molar-refractivity contribution in [2.45, 2.75) is 71.0 Å². The molecule has 3 rings (SSSR count). The fraction of sp³-hybridized carbons (Fsp3) is 0.464. The Labute approximate surface area is 184 Å². The zero-order valence-corrected chi connectivity index (χ0v) is 19.9. The summed E-state index contributed by atoms with van der Waals surface area (Å²) in [5.74, 6) is 4.18. The van der Waals surface area contributed by atoms with Gasteiger partial charge in [-0.05, 0) is 54.9 Å². The first-order valence-corrected chi connectivity index (χ1v) is 14.3. The number of carbonyl (C=O) groups is 1. The lowest BCUT2D eigenvalue weighted by Gasteiger charge is -2.37. The third-order valence-electron chi connectivity index (χ3n) is 7.27. The van der Waals surface area contributed by atoms with Crippen molar-refractivity contribution in [3.05, 3.63) is 71.8 Å². The third-order valence-corrected chi connectivity index (χ3v) is 12.0. The van der Waals surface area contributed by atoms with Gasteiger partial charge < -0.3 is 0 Å². The Morgan fingerprint density at radius 1 is 0.900 bits per heavy atom. The zero-order chi connectivity index (χ0) is 21.5. The topological polar surface area (TPSA) is 17.1 Å². The summed E-state index contributed by atoms with van der Waals surface area (Å²) in [5, 5.41) is 0. The first-order valence-electron chi connectivity index (χ1n) is 11.7. The highest BCUT2D eigenvalue weighted by molar-refractivity contribution is 6.87. The summed E-state index contributed by atoms with van der Waals surface area (Å²) in [7, 11) is -1.60. The highest BCUT2D eigenvalue weighted by Gasteiger charge is 2.44. The molecule has 1 aliphatic rings. The van der Waals surface area contributed by atoms with Gasteiger partial charge in [-0.1, -0.05) is 93.8 Å². The van der Waals surface area contributed by atoms with E-state index in [4.69, 9.17) is 0 Å². The van der Waals surface area contributed by atoms with Crippen LogP contribution in [0.1, 0.15) is 51.2 Å². The number of ketones is 1. The summed E-state index contributed by atoms with van der Waals surface area (Å²) in [6.07, 6.45) is 4.58. The monoisotopic (exact) mass is 416 g/mol. The second-order valence-electron chi connectivity index (χ2n) is 8.98. The quantitative estimate of drug-likeness (QED) is 0.355. The second-order valence-corrected chi connectivity index (χ2v) is 13.9. The summed E-state index contributed by atoms with van der Waals surface area (Å²) in [6, 6.07) is 24.5. The Bertz CT molecular complexity index is 865. The number of Topliss-reactive ketones (excluding diaryl/α,β-unsaturated/α-hetero) is 1. The van der Waals surface area contributed by atoms with Crippen molar-refractivity contribution in [3.8, 4) is 11.5 Å². The molecule has 0 N–H and O–H groups in total. The van der Waals surface area contributed by atoms with Crippen LogP contribution in [0.4, 0.5) is 0 Å². The van der Waals surface area contributed by atoms with E-state index in [2.05, 4.69) is 80.8 Å². The van der Waals surface area contributed by atoms with Crippen molar-refractivity contribution < 1.29 is 4.79 Å². The standard InChI is InChI=1S/C28H36OSi/c1-4-30(5-2,6-3)21-20-28(23-25-16-11-8-12-17-25)19-13-18-26(27(28)29)22-24-14-9-7-10-15-24/h7-12,14-17,26H,4-6,13,18-19,22-23H2,1-3H3/t26-,28+/m0/s1. The van der Waals surface area contributed by atoms with Crippen molar-refractivity contribution in [3.63, 3.8) is 0 Å². The average molecular weight is 417 g/mol. The molecule has 0 aromatic heterocycles.